The third-order valence-corrected chi connectivity index (χ3v) is 6.59. The number of hydrogen-bond acceptors (Lipinski definition) is 6. The predicted molar refractivity (Wildman–Crippen MR) is 118 cm³/mol. The fourth-order valence-electron chi connectivity index (χ4n) is 3.79. The number of aryl methyl sites for hydroxylation is 2. The van der Waals surface area contributed by atoms with Gasteiger partial charge < -0.3 is 14.8 Å². The molecule has 0 atom stereocenters. The molecule has 0 radical (unpaired) electrons. The number of ether oxygens (including phenoxy) is 2. The molecule has 0 saturated heterocycles. The van der Waals surface area contributed by atoms with E-state index in [1.165, 1.54) is 9.56 Å². The first-order valence-corrected chi connectivity index (χ1v) is 11.1. The smallest absolute Gasteiger partial charge is 0.291 e. The van der Waals surface area contributed by atoms with Gasteiger partial charge in [0, 0.05) is 17.8 Å². The van der Waals surface area contributed by atoms with Crippen LogP contribution in [0, 0.1) is 0 Å². The highest BCUT2D eigenvalue weighted by molar-refractivity contribution is 7.19. The zero-order valence-corrected chi connectivity index (χ0v) is 18.1. The zero-order chi connectivity index (χ0) is 21.5. The fraction of sp³-hybridized carbons (Fsp3) is 0.318. The third kappa shape index (κ3) is 3.44. The normalized spacial score (nSPS) is 12.7. The Bertz CT molecular complexity index is 1370. The molecule has 0 saturated carbocycles. The van der Waals surface area contributed by atoms with Gasteiger partial charge >= 0.3 is 0 Å². The number of aromatic nitrogens is 3. The summed E-state index contributed by atoms with van der Waals surface area (Å²) in [6.45, 7) is 4.51. The molecule has 5 rings (SSSR count). The summed E-state index contributed by atoms with van der Waals surface area (Å²) in [5.41, 5.74) is 2.19. The first kappa shape index (κ1) is 19.6. The first-order valence-electron chi connectivity index (χ1n) is 10.3. The summed E-state index contributed by atoms with van der Waals surface area (Å²) in [6.07, 6.45) is 1.60. The quantitative estimate of drug-likeness (QED) is 0.500. The monoisotopic (exact) mass is 438 g/mol. The van der Waals surface area contributed by atoms with Crippen LogP contribution in [-0.2, 0) is 30.7 Å². The minimum absolute atomic E-state index is 0.133. The van der Waals surface area contributed by atoms with Crippen molar-refractivity contribution >= 4 is 33.0 Å². The highest BCUT2D eigenvalue weighted by atomic mass is 32.1. The molecule has 0 unspecified atom stereocenters. The van der Waals surface area contributed by atoms with E-state index in [9.17, 15) is 9.59 Å². The zero-order valence-electron chi connectivity index (χ0n) is 17.3. The van der Waals surface area contributed by atoms with E-state index in [0.717, 1.165) is 28.0 Å². The van der Waals surface area contributed by atoms with Gasteiger partial charge in [-0.2, -0.15) is 5.10 Å². The number of nitrogens with zero attached hydrogens (tertiary/aromatic N) is 3. The van der Waals surface area contributed by atoms with Gasteiger partial charge in [-0.05, 0) is 36.2 Å². The number of amides is 1. The average molecular weight is 439 g/mol. The van der Waals surface area contributed by atoms with Gasteiger partial charge in [0.15, 0.2) is 11.5 Å². The van der Waals surface area contributed by atoms with Gasteiger partial charge in [-0.25, -0.2) is 4.68 Å². The summed E-state index contributed by atoms with van der Waals surface area (Å²) in [5, 5.41) is 7.34. The SMILES string of the molecule is CCc1cc2c(cc3c(=O)n(CC(=O)NCc4ccc5c(c4)OCO5)nc(CC)n32)s1. The number of nitrogens with one attached hydrogen (secondary N) is 1. The Morgan fingerprint density at radius 2 is 1.97 bits per heavy atom. The number of fused-ring (bicyclic) bond motifs is 4. The van der Waals surface area contributed by atoms with Crippen LogP contribution in [0.3, 0.4) is 0 Å². The van der Waals surface area contributed by atoms with Crippen LogP contribution in [0.2, 0.25) is 0 Å². The van der Waals surface area contributed by atoms with Gasteiger partial charge in [-0.1, -0.05) is 19.9 Å². The summed E-state index contributed by atoms with van der Waals surface area (Å²) in [6, 6.07) is 9.56. The van der Waals surface area contributed by atoms with Gasteiger partial charge in [0.1, 0.15) is 17.9 Å². The molecule has 4 aromatic rings. The van der Waals surface area contributed by atoms with Crippen molar-refractivity contribution in [3.63, 3.8) is 0 Å². The lowest BCUT2D eigenvalue weighted by atomic mass is 10.2. The van der Waals surface area contributed by atoms with E-state index in [1.54, 1.807) is 11.3 Å². The molecule has 1 aliphatic heterocycles. The summed E-state index contributed by atoms with van der Waals surface area (Å²) in [4.78, 5) is 26.8. The number of carbonyl (C=O) groups excluding carboxylic acids is 1. The van der Waals surface area contributed by atoms with Crippen molar-refractivity contribution in [3.8, 4) is 11.5 Å². The molecule has 9 heteroatoms. The molecule has 0 bridgehead atoms. The van der Waals surface area contributed by atoms with Crippen LogP contribution in [0.15, 0.2) is 35.1 Å². The van der Waals surface area contributed by atoms with Crippen LogP contribution in [0.1, 0.15) is 30.1 Å². The van der Waals surface area contributed by atoms with E-state index in [2.05, 4.69) is 23.4 Å². The Hall–Kier alpha value is -3.33. The van der Waals surface area contributed by atoms with Crippen LogP contribution in [0.25, 0.3) is 15.7 Å². The summed E-state index contributed by atoms with van der Waals surface area (Å²) in [5.74, 6) is 1.85. The standard InChI is InChI=1S/C22H22N4O4S/c1-3-14-8-15-19(31-14)9-16-22(28)25(24-20(4-2)26(15)16)11-21(27)23-10-13-5-6-17-18(7-13)30-12-29-17/h5-9H,3-4,10-12H2,1-2H3,(H,23,27). The predicted octanol–water partition coefficient (Wildman–Crippen LogP) is 2.88. The van der Waals surface area contributed by atoms with Gasteiger partial charge in [0.25, 0.3) is 5.56 Å². The lowest BCUT2D eigenvalue weighted by Crippen LogP contribution is -2.35. The van der Waals surface area contributed by atoms with Crippen molar-refractivity contribution in [1.82, 2.24) is 19.5 Å². The molecule has 8 nitrogen and oxygen atoms in total. The molecule has 0 aliphatic carbocycles. The lowest BCUT2D eigenvalue weighted by Gasteiger charge is -2.10. The maximum atomic E-state index is 13.0. The maximum Gasteiger partial charge on any atom is 0.291 e. The van der Waals surface area contributed by atoms with Gasteiger partial charge in [0.05, 0.1) is 10.2 Å². The second kappa shape index (κ2) is 7.73. The van der Waals surface area contributed by atoms with E-state index in [-0.39, 0.29) is 24.8 Å². The van der Waals surface area contributed by atoms with Gasteiger partial charge in [-0.15, -0.1) is 11.3 Å². The van der Waals surface area contributed by atoms with Crippen molar-refractivity contribution in [1.29, 1.82) is 0 Å². The summed E-state index contributed by atoms with van der Waals surface area (Å²) in [7, 11) is 0. The largest absolute Gasteiger partial charge is 0.454 e. The number of hydrogen-bond donors (Lipinski definition) is 1. The van der Waals surface area contributed by atoms with Crippen molar-refractivity contribution in [2.45, 2.75) is 39.8 Å². The molecular formula is C22H22N4O4S. The Labute approximate surface area is 182 Å². The second-order valence-corrected chi connectivity index (χ2v) is 8.55. The number of rotatable bonds is 6. The average Bonchev–Trinajstić information content (AvgIpc) is 3.48. The molecule has 160 valence electrons. The van der Waals surface area contributed by atoms with E-state index < -0.39 is 0 Å². The highest BCUT2D eigenvalue weighted by Crippen LogP contribution is 2.32. The van der Waals surface area contributed by atoms with E-state index in [0.29, 0.717) is 30.0 Å². The Balaban J connectivity index is 1.38. The van der Waals surface area contributed by atoms with E-state index >= 15 is 0 Å². The van der Waals surface area contributed by atoms with Gasteiger partial charge in [-0.3, -0.25) is 14.0 Å². The molecule has 3 aromatic heterocycles. The van der Waals surface area contributed by atoms with Crippen LogP contribution < -0.4 is 20.3 Å². The second-order valence-electron chi connectivity index (χ2n) is 7.38. The molecule has 1 aromatic carbocycles. The molecule has 0 spiro atoms. The molecule has 4 heterocycles. The maximum absolute atomic E-state index is 13.0. The van der Waals surface area contributed by atoms with E-state index in [1.807, 2.05) is 35.6 Å². The molecular weight excluding hydrogens is 416 g/mol. The highest BCUT2D eigenvalue weighted by Gasteiger charge is 2.17. The van der Waals surface area contributed by atoms with Crippen LogP contribution in [0.5, 0.6) is 11.5 Å². The number of carbonyl (C=O) groups is 1. The third-order valence-electron chi connectivity index (χ3n) is 5.37. The molecule has 1 aliphatic rings. The van der Waals surface area contributed by atoms with Crippen molar-refractivity contribution < 1.29 is 14.3 Å². The number of benzene rings is 1. The van der Waals surface area contributed by atoms with Crippen molar-refractivity contribution in [3.05, 3.63) is 57.0 Å². The summed E-state index contributed by atoms with van der Waals surface area (Å²) >= 11 is 1.69. The topological polar surface area (TPSA) is 86.9 Å². The fourth-order valence-corrected chi connectivity index (χ4v) is 4.82. The lowest BCUT2D eigenvalue weighted by molar-refractivity contribution is -0.122. The van der Waals surface area contributed by atoms with Gasteiger partial charge in [0.2, 0.25) is 12.7 Å². The molecule has 1 amide bonds. The molecule has 31 heavy (non-hydrogen) atoms. The first-order chi connectivity index (χ1) is 15.1. The Morgan fingerprint density at radius 3 is 2.77 bits per heavy atom. The molecule has 0 fully saturated rings. The van der Waals surface area contributed by atoms with Crippen molar-refractivity contribution in [2.75, 3.05) is 6.79 Å². The summed E-state index contributed by atoms with van der Waals surface area (Å²) < 4.78 is 14.9. The Kier molecular flexibility index (Phi) is 4.90. The van der Waals surface area contributed by atoms with Crippen molar-refractivity contribution in [2.24, 2.45) is 0 Å². The van der Waals surface area contributed by atoms with E-state index in [4.69, 9.17) is 9.47 Å². The van der Waals surface area contributed by atoms with Crippen LogP contribution in [0.4, 0.5) is 0 Å². The molecule has 1 N–H and O–H groups in total. The Morgan fingerprint density at radius 1 is 1.13 bits per heavy atom. The number of thiophene rings is 1. The van der Waals surface area contributed by atoms with Crippen LogP contribution in [-0.4, -0.2) is 26.9 Å². The van der Waals surface area contributed by atoms with Crippen LogP contribution >= 0.6 is 11.3 Å². The minimum atomic E-state index is -0.277. The minimum Gasteiger partial charge on any atom is -0.454 e.